The molecule has 0 spiro atoms. The molecule has 1 aliphatic heterocycles. The van der Waals surface area contributed by atoms with Crippen LogP contribution in [0.3, 0.4) is 0 Å². The van der Waals surface area contributed by atoms with E-state index in [-0.39, 0.29) is 4.90 Å². The van der Waals surface area contributed by atoms with Gasteiger partial charge in [-0.3, -0.25) is 4.72 Å². The average Bonchev–Trinajstić information content (AvgIpc) is 2.74. The van der Waals surface area contributed by atoms with Gasteiger partial charge in [0.15, 0.2) is 0 Å². The largest absolute Gasteiger partial charge is 0.497 e. The molecule has 1 aromatic heterocycles. The lowest BCUT2D eigenvalue weighted by Crippen LogP contribution is -2.30. The monoisotopic (exact) mass is 395 g/mol. The Hall–Kier alpha value is -3.06. The highest BCUT2D eigenvalue weighted by atomic mass is 32.2. The molecule has 0 unspecified atom stereocenters. The number of fused-ring (bicyclic) bond motifs is 1. The third-order valence-electron chi connectivity index (χ3n) is 4.82. The van der Waals surface area contributed by atoms with Crippen LogP contribution in [-0.4, -0.2) is 27.1 Å². The molecule has 28 heavy (non-hydrogen) atoms. The summed E-state index contributed by atoms with van der Waals surface area (Å²) in [5, 5.41) is 0. The summed E-state index contributed by atoms with van der Waals surface area (Å²) in [6, 6.07) is 18.2. The third-order valence-corrected chi connectivity index (χ3v) is 6.22. The number of hydrogen-bond acceptors (Lipinski definition) is 5. The number of pyridine rings is 1. The lowest BCUT2D eigenvalue weighted by molar-refractivity contribution is 0.414. The Morgan fingerprint density at radius 1 is 1.00 bits per heavy atom. The van der Waals surface area contributed by atoms with E-state index < -0.39 is 10.0 Å². The van der Waals surface area contributed by atoms with Crippen LogP contribution in [-0.2, 0) is 23.0 Å². The highest BCUT2D eigenvalue weighted by molar-refractivity contribution is 7.92. The molecule has 0 bridgehead atoms. The van der Waals surface area contributed by atoms with E-state index in [1.54, 1.807) is 24.4 Å². The summed E-state index contributed by atoms with van der Waals surface area (Å²) in [6.07, 6.45) is 2.53. The van der Waals surface area contributed by atoms with Crippen molar-refractivity contribution in [1.82, 2.24) is 4.98 Å². The molecule has 0 amide bonds. The van der Waals surface area contributed by atoms with Crippen LogP contribution in [0.25, 0.3) is 0 Å². The molecular formula is C21H21N3O3S. The Kier molecular flexibility index (Phi) is 4.92. The normalized spacial score (nSPS) is 13.7. The van der Waals surface area contributed by atoms with E-state index in [0.717, 1.165) is 25.3 Å². The number of nitrogens with one attached hydrogen (secondary N) is 1. The molecule has 0 saturated heterocycles. The minimum absolute atomic E-state index is 0.171. The quantitative estimate of drug-likeness (QED) is 0.716. The average molecular weight is 395 g/mol. The second-order valence-corrected chi connectivity index (χ2v) is 8.31. The SMILES string of the molecule is COc1ccc(S(=O)(=O)Nc2ccc(N3CCc4ccccc4C3)nc2)cc1. The number of ether oxygens (including phenoxy) is 1. The van der Waals surface area contributed by atoms with Gasteiger partial charge in [0.05, 0.1) is 23.9 Å². The van der Waals surface area contributed by atoms with Gasteiger partial charge in [-0.25, -0.2) is 13.4 Å². The topological polar surface area (TPSA) is 71.5 Å². The Labute approximate surface area is 164 Å². The standard InChI is InChI=1S/C21H21N3O3S/c1-27-19-7-9-20(10-8-19)28(25,26)23-18-6-11-21(22-14-18)24-13-12-16-4-2-3-5-17(16)15-24/h2-11,14,23H,12-13,15H2,1H3. The van der Waals surface area contributed by atoms with Gasteiger partial charge in [-0.15, -0.1) is 0 Å². The molecule has 0 aliphatic carbocycles. The van der Waals surface area contributed by atoms with Crippen molar-refractivity contribution in [3.63, 3.8) is 0 Å². The Bertz CT molecular complexity index is 1060. The summed E-state index contributed by atoms with van der Waals surface area (Å²) < 4.78 is 32.7. The zero-order valence-electron chi connectivity index (χ0n) is 15.5. The van der Waals surface area contributed by atoms with Crippen molar-refractivity contribution in [2.45, 2.75) is 17.9 Å². The van der Waals surface area contributed by atoms with Gasteiger partial charge in [-0.05, 0) is 53.9 Å². The Morgan fingerprint density at radius 2 is 1.75 bits per heavy atom. The lowest BCUT2D eigenvalue weighted by Gasteiger charge is -2.29. The van der Waals surface area contributed by atoms with E-state index >= 15 is 0 Å². The number of benzene rings is 2. The van der Waals surface area contributed by atoms with Gasteiger partial charge in [0, 0.05) is 13.1 Å². The molecule has 2 heterocycles. The number of hydrogen-bond donors (Lipinski definition) is 1. The van der Waals surface area contributed by atoms with Crippen LogP contribution in [0, 0.1) is 0 Å². The van der Waals surface area contributed by atoms with E-state index in [1.807, 2.05) is 12.1 Å². The minimum Gasteiger partial charge on any atom is -0.497 e. The lowest BCUT2D eigenvalue weighted by atomic mass is 10.00. The van der Waals surface area contributed by atoms with Crippen LogP contribution in [0.5, 0.6) is 5.75 Å². The van der Waals surface area contributed by atoms with Gasteiger partial charge in [-0.1, -0.05) is 24.3 Å². The van der Waals surface area contributed by atoms with E-state index in [1.165, 1.54) is 30.4 Å². The Balaban J connectivity index is 1.47. The molecule has 0 atom stereocenters. The summed E-state index contributed by atoms with van der Waals surface area (Å²) in [4.78, 5) is 6.83. The van der Waals surface area contributed by atoms with Crippen molar-refractivity contribution in [3.05, 3.63) is 78.0 Å². The zero-order valence-corrected chi connectivity index (χ0v) is 16.3. The van der Waals surface area contributed by atoms with Crippen molar-refractivity contribution in [3.8, 4) is 5.75 Å². The van der Waals surface area contributed by atoms with Gasteiger partial charge in [-0.2, -0.15) is 0 Å². The fourth-order valence-electron chi connectivity index (χ4n) is 3.29. The van der Waals surface area contributed by atoms with E-state index in [2.05, 4.69) is 32.8 Å². The maximum atomic E-state index is 12.5. The van der Waals surface area contributed by atoms with Crippen molar-refractivity contribution < 1.29 is 13.2 Å². The van der Waals surface area contributed by atoms with Crippen molar-refractivity contribution in [2.75, 3.05) is 23.3 Å². The molecule has 0 fully saturated rings. The molecule has 1 N–H and O–H groups in total. The number of aromatic nitrogens is 1. The molecule has 3 aromatic rings. The number of methoxy groups -OCH3 is 1. The minimum atomic E-state index is -3.68. The summed E-state index contributed by atoms with van der Waals surface area (Å²) in [6.45, 7) is 1.70. The number of sulfonamides is 1. The fraction of sp³-hybridized carbons (Fsp3) is 0.190. The van der Waals surface area contributed by atoms with Crippen LogP contribution in [0.2, 0.25) is 0 Å². The second-order valence-electron chi connectivity index (χ2n) is 6.63. The molecule has 144 valence electrons. The highest BCUT2D eigenvalue weighted by Gasteiger charge is 2.18. The van der Waals surface area contributed by atoms with E-state index in [9.17, 15) is 8.42 Å². The van der Waals surface area contributed by atoms with Crippen LogP contribution < -0.4 is 14.4 Å². The van der Waals surface area contributed by atoms with Gasteiger partial charge < -0.3 is 9.64 Å². The first kappa shape index (κ1) is 18.3. The number of anilines is 2. The van der Waals surface area contributed by atoms with Gasteiger partial charge >= 0.3 is 0 Å². The van der Waals surface area contributed by atoms with Crippen molar-refractivity contribution in [2.24, 2.45) is 0 Å². The first-order chi connectivity index (χ1) is 13.5. The second kappa shape index (κ2) is 7.52. The van der Waals surface area contributed by atoms with Crippen LogP contribution >= 0.6 is 0 Å². The predicted molar refractivity (Wildman–Crippen MR) is 109 cm³/mol. The van der Waals surface area contributed by atoms with Crippen molar-refractivity contribution >= 4 is 21.5 Å². The van der Waals surface area contributed by atoms with Gasteiger partial charge in [0.25, 0.3) is 10.0 Å². The van der Waals surface area contributed by atoms with Gasteiger partial charge in [0.1, 0.15) is 11.6 Å². The first-order valence-electron chi connectivity index (χ1n) is 9.00. The predicted octanol–water partition coefficient (Wildman–Crippen LogP) is 3.45. The van der Waals surface area contributed by atoms with E-state index in [4.69, 9.17) is 4.74 Å². The van der Waals surface area contributed by atoms with Crippen LogP contribution in [0.15, 0.2) is 71.8 Å². The first-order valence-corrected chi connectivity index (χ1v) is 10.5. The van der Waals surface area contributed by atoms with Gasteiger partial charge in [0.2, 0.25) is 0 Å². The van der Waals surface area contributed by atoms with Crippen molar-refractivity contribution in [1.29, 1.82) is 0 Å². The molecule has 0 saturated carbocycles. The van der Waals surface area contributed by atoms with Crippen LogP contribution in [0.1, 0.15) is 11.1 Å². The molecule has 2 aromatic carbocycles. The summed E-state index contributed by atoms with van der Waals surface area (Å²) in [7, 11) is -2.14. The molecular weight excluding hydrogens is 374 g/mol. The molecule has 7 heteroatoms. The third kappa shape index (κ3) is 3.80. The van der Waals surface area contributed by atoms with E-state index in [0.29, 0.717) is 11.4 Å². The smallest absolute Gasteiger partial charge is 0.261 e. The highest BCUT2D eigenvalue weighted by Crippen LogP contribution is 2.24. The molecule has 0 radical (unpaired) electrons. The molecule has 1 aliphatic rings. The summed E-state index contributed by atoms with van der Waals surface area (Å²) in [5.41, 5.74) is 3.11. The zero-order chi connectivity index (χ0) is 19.6. The molecule has 4 rings (SSSR count). The maximum Gasteiger partial charge on any atom is 0.261 e. The number of rotatable bonds is 5. The fourth-order valence-corrected chi connectivity index (χ4v) is 4.34. The van der Waals surface area contributed by atoms with Crippen LogP contribution in [0.4, 0.5) is 11.5 Å². The maximum absolute atomic E-state index is 12.5. The number of nitrogens with zero attached hydrogens (tertiary/aromatic N) is 2. The Morgan fingerprint density at radius 3 is 2.43 bits per heavy atom. The summed E-state index contributed by atoms with van der Waals surface area (Å²) in [5.74, 6) is 1.44. The molecule has 6 nitrogen and oxygen atoms in total. The summed E-state index contributed by atoms with van der Waals surface area (Å²) >= 11 is 0.